The van der Waals surface area contributed by atoms with Crippen molar-refractivity contribution in [3.8, 4) is 0 Å². The number of pyridine rings is 2. The normalized spacial score (nSPS) is 20.3. The van der Waals surface area contributed by atoms with Gasteiger partial charge in [-0.2, -0.15) is 0 Å². The maximum absolute atomic E-state index is 4.43. The molecular formula is C16H18N4S. The molecule has 108 valence electrons. The Morgan fingerprint density at radius 2 is 2.29 bits per heavy atom. The van der Waals surface area contributed by atoms with Crippen molar-refractivity contribution in [2.24, 2.45) is 0 Å². The van der Waals surface area contributed by atoms with E-state index < -0.39 is 0 Å². The molecule has 0 amide bonds. The van der Waals surface area contributed by atoms with Gasteiger partial charge in [0.2, 0.25) is 0 Å². The van der Waals surface area contributed by atoms with E-state index in [9.17, 15) is 0 Å². The first kappa shape index (κ1) is 13.1. The van der Waals surface area contributed by atoms with Crippen LogP contribution in [0.4, 0.5) is 0 Å². The highest BCUT2D eigenvalue weighted by Crippen LogP contribution is 2.35. The molecule has 1 fully saturated rings. The number of nitrogens with one attached hydrogen (secondary N) is 1. The first-order chi connectivity index (χ1) is 10.4. The zero-order valence-corrected chi connectivity index (χ0v) is 12.9. The predicted octanol–water partition coefficient (Wildman–Crippen LogP) is 3.57. The molecule has 3 aromatic rings. The van der Waals surface area contributed by atoms with Crippen LogP contribution in [-0.4, -0.2) is 38.6 Å². The lowest BCUT2D eigenvalue weighted by Crippen LogP contribution is -2.28. The van der Waals surface area contributed by atoms with Crippen LogP contribution < -0.4 is 0 Å². The Bertz CT molecular complexity index is 782. The highest BCUT2D eigenvalue weighted by Gasteiger charge is 2.23. The SMILES string of the molecule is CSN1CCCC(c2cc[nH]c3cnc4nccc4c23)C1. The average molecular weight is 298 g/mol. The Labute approximate surface area is 128 Å². The Balaban J connectivity index is 1.89. The van der Waals surface area contributed by atoms with Gasteiger partial charge >= 0.3 is 0 Å². The van der Waals surface area contributed by atoms with E-state index in [1.54, 1.807) is 0 Å². The minimum absolute atomic E-state index is 0.587. The molecule has 4 nitrogen and oxygen atoms in total. The summed E-state index contributed by atoms with van der Waals surface area (Å²) in [4.78, 5) is 12.1. The molecule has 21 heavy (non-hydrogen) atoms. The second-order valence-electron chi connectivity index (χ2n) is 5.57. The van der Waals surface area contributed by atoms with Crippen LogP contribution in [0.2, 0.25) is 0 Å². The van der Waals surface area contributed by atoms with E-state index >= 15 is 0 Å². The van der Waals surface area contributed by atoms with Gasteiger partial charge in [-0.25, -0.2) is 9.97 Å². The van der Waals surface area contributed by atoms with Crippen LogP contribution in [0.25, 0.3) is 21.9 Å². The van der Waals surface area contributed by atoms with Crippen LogP contribution in [0.5, 0.6) is 0 Å². The fraction of sp³-hybridized carbons (Fsp3) is 0.375. The largest absolute Gasteiger partial charge is 0.360 e. The number of hydrogen-bond acceptors (Lipinski definition) is 4. The molecule has 1 aliphatic rings. The molecule has 3 aromatic heterocycles. The summed E-state index contributed by atoms with van der Waals surface area (Å²) in [6.07, 6.45) is 10.5. The van der Waals surface area contributed by atoms with Gasteiger partial charge in [-0.15, -0.1) is 0 Å². The average Bonchev–Trinajstić information content (AvgIpc) is 3.03. The quantitative estimate of drug-likeness (QED) is 0.735. The molecule has 4 rings (SSSR count). The van der Waals surface area contributed by atoms with Crippen molar-refractivity contribution in [1.29, 1.82) is 0 Å². The number of aromatic nitrogens is 3. The van der Waals surface area contributed by atoms with Crippen molar-refractivity contribution < 1.29 is 0 Å². The molecule has 0 aliphatic carbocycles. The van der Waals surface area contributed by atoms with Crippen LogP contribution >= 0.6 is 11.9 Å². The number of aromatic amines is 1. The summed E-state index contributed by atoms with van der Waals surface area (Å²) < 4.78 is 2.47. The lowest BCUT2D eigenvalue weighted by atomic mass is 9.89. The maximum atomic E-state index is 4.43. The van der Waals surface area contributed by atoms with Gasteiger partial charge in [-0.3, -0.25) is 4.31 Å². The fourth-order valence-electron chi connectivity index (χ4n) is 3.39. The van der Waals surface area contributed by atoms with Gasteiger partial charge < -0.3 is 4.98 Å². The Hall–Kier alpha value is -1.59. The smallest absolute Gasteiger partial charge is 0.159 e. The van der Waals surface area contributed by atoms with E-state index in [4.69, 9.17) is 0 Å². The topological polar surface area (TPSA) is 44.8 Å². The first-order valence-corrected chi connectivity index (χ1v) is 8.55. The van der Waals surface area contributed by atoms with Crippen molar-refractivity contribution in [2.75, 3.05) is 19.3 Å². The summed E-state index contributed by atoms with van der Waals surface area (Å²) in [5.41, 5.74) is 3.39. The van der Waals surface area contributed by atoms with Crippen molar-refractivity contribution in [2.45, 2.75) is 18.8 Å². The van der Waals surface area contributed by atoms with Crippen molar-refractivity contribution >= 4 is 33.9 Å². The zero-order chi connectivity index (χ0) is 14.2. The standard InChI is InChI=1S/C16H18N4S/c1-21-20-8-2-3-11(10-20)12-4-6-17-14-9-19-16-13(15(12)14)5-7-18-16/h4-7,9,11,17H,2-3,8,10H2,1H3. The minimum atomic E-state index is 0.587. The highest BCUT2D eigenvalue weighted by atomic mass is 32.2. The maximum Gasteiger partial charge on any atom is 0.159 e. The molecule has 1 atom stereocenters. The molecule has 0 saturated carbocycles. The molecule has 0 aromatic carbocycles. The van der Waals surface area contributed by atoms with E-state index in [0.29, 0.717) is 5.92 Å². The van der Waals surface area contributed by atoms with Crippen LogP contribution in [0.3, 0.4) is 0 Å². The minimum Gasteiger partial charge on any atom is -0.360 e. The van der Waals surface area contributed by atoms with Gasteiger partial charge in [0.05, 0.1) is 11.7 Å². The number of fused-ring (bicyclic) bond motifs is 3. The second-order valence-corrected chi connectivity index (χ2v) is 6.45. The summed E-state index contributed by atoms with van der Waals surface area (Å²) in [5, 5.41) is 2.47. The summed E-state index contributed by atoms with van der Waals surface area (Å²) in [6, 6.07) is 4.32. The molecule has 4 heterocycles. The molecule has 0 spiro atoms. The van der Waals surface area contributed by atoms with E-state index in [1.165, 1.54) is 35.7 Å². The molecule has 1 aliphatic heterocycles. The van der Waals surface area contributed by atoms with Gasteiger partial charge in [-0.05, 0) is 42.7 Å². The summed E-state index contributed by atoms with van der Waals surface area (Å²) in [5.74, 6) is 0.587. The molecule has 5 heteroatoms. The van der Waals surface area contributed by atoms with Crippen LogP contribution in [0.15, 0.2) is 30.7 Å². The van der Waals surface area contributed by atoms with Crippen LogP contribution in [-0.2, 0) is 0 Å². The molecular weight excluding hydrogens is 280 g/mol. The van der Waals surface area contributed by atoms with E-state index in [-0.39, 0.29) is 0 Å². The lowest BCUT2D eigenvalue weighted by Gasteiger charge is -2.31. The monoisotopic (exact) mass is 298 g/mol. The molecule has 1 unspecified atom stereocenters. The number of piperidine rings is 1. The lowest BCUT2D eigenvalue weighted by molar-refractivity contribution is 0.344. The molecule has 0 bridgehead atoms. The molecule has 0 radical (unpaired) electrons. The second kappa shape index (κ2) is 5.31. The third kappa shape index (κ3) is 2.21. The van der Waals surface area contributed by atoms with Crippen molar-refractivity contribution in [3.63, 3.8) is 0 Å². The van der Waals surface area contributed by atoms with Gasteiger partial charge in [0.1, 0.15) is 0 Å². The predicted molar refractivity (Wildman–Crippen MR) is 88.5 cm³/mol. The summed E-state index contributed by atoms with van der Waals surface area (Å²) in [6.45, 7) is 2.32. The fourth-order valence-corrected chi connectivity index (χ4v) is 4.03. The third-order valence-corrected chi connectivity index (χ3v) is 5.25. The first-order valence-electron chi connectivity index (χ1n) is 7.36. The highest BCUT2D eigenvalue weighted by molar-refractivity contribution is 7.96. The Morgan fingerprint density at radius 1 is 1.33 bits per heavy atom. The number of rotatable bonds is 2. The van der Waals surface area contributed by atoms with Gasteiger partial charge in [0.15, 0.2) is 5.65 Å². The Morgan fingerprint density at radius 3 is 3.19 bits per heavy atom. The summed E-state index contributed by atoms with van der Waals surface area (Å²) in [7, 11) is 0. The van der Waals surface area contributed by atoms with E-state index in [1.807, 2.05) is 30.5 Å². The molecule has 1 N–H and O–H groups in total. The number of H-pyrrole nitrogens is 1. The number of nitrogens with zero attached hydrogens (tertiary/aromatic N) is 3. The van der Waals surface area contributed by atoms with E-state index in [2.05, 4.69) is 37.6 Å². The van der Waals surface area contributed by atoms with Crippen molar-refractivity contribution in [3.05, 3.63) is 36.3 Å². The van der Waals surface area contributed by atoms with Crippen molar-refractivity contribution in [1.82, 2.24) is 19.3 Å². The summed E-state index contributed by atoms with van der Waals surface area (Å²) >= 11 is 1.86. The zero-order valence-electron chi connectivity index (χ0n) is 12.0. The van der Waals surface area contributed by atoms with Gasteiger partial charge in [-0.1, -0.05) is 11.9 Å². The number of hydrogen-bond donors (Lipinski definition) is 1. The van der Waals surface area contributed by atoms with Crippen LogP contribution in [0.1, 0.15) is 24.3 Å². The van der Waals surface area contributed by atoms with Gasteiger partial charge in [0, 0.05) is 36.3 Å². The Kier molecular flexibility index (Phi) is 3.31. The molecule has 1 saturated heterocycles. The van der Waals surface area contributed by atoms with Crippen LogP contribution in [0, 0.1) is 0 Å². The van der Waals surface area contributed by atoms with E-state index in [0.717, 1.165) is 17.7 Å². The third-order valence-electron chi connectivity index (χ3n) is 4.41. The van der Waals surface area contributed by atoms with Gasteiger partial charge in [0.25, 0.3) is 0 Å².